The van der Waals surface area contributed by atoms with E-state index in [9.17, 15) is 4.57 Å². The first-order valence-electron chi connectivity index (χ1n) is 1.21. The first kappa shape index (κ1) is 5.22. The maximum atomic E-state index is 9.86. The summed E-state index contributed by atoms with van der Waals surface area (Å²) in [6.45, 7) is 0. The lowest BCUT2D eigenvalue weighted by atomic mass is 11.4. The predicted octanol–water partition coefficient (Wildman–Crippen LogP) is 0.995. The van der Waals surface area contributed by atoms with Crippen LogP contribution in [0.3, 0.4) is 0 Å². The van der Waals surface area contributed by atoms with Crippen LogP contribution in [-0.2, 0) is 4.57 Å². The summed E-state index contributed by atoms with van der Waals surface area (Å²) in [5.41, 5.74) is 3.78. The second-order valence-electron chi connectivity index (χ2n) is 0.553. The van der Waals surface area contributed by atoms with E-state index < -0.39 is 7.80 Å². The monoisotopic (exact) mass is 97.0 g/mol. The normalized spacial score (nSPS) is 5.00. The van der Waals surface area contributed by atoms with Crippen molar-refractivity contribution in [3.8, 4) is 24.2 Å². The highest BCUT2D eigenvalue weighted by atomic mass is 31.1. The maximum Gasteiger partial charge on any atom is 0.519 e. The van der Waals surface area contributed by atoms with E-state index in [-0.39, 0.29) is 0 Å². The zero-order valence-corrected chi connectivity index (χ0v) is 3.90. The largest absolute Gasteiger partial charge is 0.519 e. The fraction of sp³-hybridized carbons (Fsp3) is 0. The van der Waals surface area contributed by atoms with Gasteiger partial charge in [-0.25, -0.2) is 0 Å². The van der Waals surface area contributed by atoms with Crippen LogP contribution in [0.5, 0.6) is 0 Å². The molecule has 0 aliphatic rings. The Hall–Kier alpha value is -0.780. The van der Waals surface area contributed by atoms with Gasteiger partial charge in [-0.3, -0.25) is 0 Å². The minimum absolute atomic E-state index is 1.77. The number of hydrogen-bond donors (Lipinski definition) is 0. The third-order valence-electron chi connectivity index (χ3n) is 0.235. The standard InChI is InChI=1S/C4H2OP/c1-3-6(5)4-2/h1-2H/q+1. The van der Waals surface area contributed by atoms with Crippen molar-refractivity contribution in [3.63, 3.8) is 0 Å². The van der Waals surface area contributed by atoms with E-state index in [2.05, 4.69) is 12.8 Å². The highest BCUT2D eigenvalue weighted by Gasteiger charge is 1.99. The molecule has 0 saturated heterocycles. The fourth-order valence-electron chi connectivity index (χ4n) is 0.0373. The molecule has 0 N–H and O–H groups in total. The van der Waals surface area contributed by atoms with Crippen LogP contribution in [-0.4, -0.2) is 0 Å². The molecule has 0 aliphatic heterocycles. The van der Waals surface area contributed by atoms with Gasteiger partial charge in [-0.1, -0.05) is 12.8 Å². The Labute approximate surface area is 37.5 Å². The maximum absolute atomic E-state index is 9.86. The van der Waals surface area contributed by atoms with Gasteiger partial charge in [0, 0.05) is 0 Å². The van der Waals surface area contributed by atoms with E-state index >= 15 is 0 Å². The molecule has 6 heavy (non-hydrogen) atoms. The average Bonchev–Trinajstić information content (AvgIpc) is 1.65. The molecule has 0 fully saturated rings. The Kier molecular flexibility index (Phi) is 2.14. The summed E-state index contributed by atoms with van der Waals surface area (Å²) in [6, 6.07) is 0. The molecule has 0 radical (unpaired) electrons. The quantitative estimate of drug-likeness (QED) is 0.325. The molecule has 0 aromatic carbocycles. The van der Waals surface area contributed by atoms with Gasteiger partial charge >= 0.3 is 7.80 Å². The fourth-order valence-corrected chi connectivity index (χ4v) is 0.112. The van der Waals surface area contributed by atoms with Crippen LogP contribution in [0.2, 0.25) is 0 Å². The molecule has 0 aromatic rings. The Morgan fingerprint density at radius 2 is 1.67 bits per heavy atom. The van der Waals surface area contributed by atoms with Crippen LogP contribution in [0.1, 0.15) is 0 Å². The van der Waals surface area contributed by atoms with Gasteiger partial charge in [0.2, 0.25) is 0 Å². The summed E-state index contributed by atoms with van der Waals surface area (Å²) in [5.74, 6) is 0. The summed E-state index contributed by atoms with van der Waals surface area (Å²) in [5, 5.41) is 0. The Bertz CT molecular complexity index is 119. The van der Waals surface area contributed by atoms with Gasteiger partial charge in [0.15, 0.2) is 11.3 Å². The van der Waals surface area contributed by atoms with Gasteiger partial charge in [0.1, 0.15) is 0 Å². The zero-order valence-electron chi connectivity index (χ0n) is 3.01. The third-order valence-corrected chi connectivity index (χ3v) is 0.704. The molecule has 0 aliphatic carbocycles. The van der Waals surface area contributed by atoms with Crippen molar-refractivity contribution >= 4 is 7.80 Å². The summed E-state index contributed by atoms with van der Waals surface area (Å²) >= 11 is 0. The van der Waals surface area contributed by atoms with E-state index in [0.717, 1.165) is 0 Å². The minimum Gasteiger partial charge on any atom is -0.0638 e. The number of rotatable bonds is 0. The molecule has 0 amide bonds. The summed E-state index contributed by atoms with van der Waals surface area (Å²) in [6.07, 6.45) is 9.21. The van der Waals surface area contributed by atoms with E-state index in [0.29, 0.717) is 0 Å². The van der Waals surface area contributed by atoms with Crippen LogP contribution in [0.4, 0.5) is 0 Å². The van der Waals surface area contributed by atoms with E-state index in [4.69, 9.17) is 0 Å². The molecule has 0 aromatic heterocycles. The van der Waals surface area contributed by atoms with Gasteiger partial charge in [-0.15, -0.1) is 0 Å². The summed E-state index contributed by atoms with van der Waals surface area (Å²) in [4.78, 5) is 0. The van der Waals surface area contributed by atoms with E-state index in [1.165, 1.54) is 0 Å². The molecule has 0 unspecified atom stereocenters. The topological polar surface area (TPSA) is 17.1 Å². The average molecular weight is 97.0 g/mol. The lowest BCUT2D eigenvalue weighted by molar-refractivity contribution is 0.599. The first-order valence-corrected chi connectivity index (χ1v) is 2.47. The molecule has 2 heteroatoms. The van der Waals surface area contributed by atoms with Gasteiger partial charge in [0.05, 0.1) is 0 Å². The number of terminal acetylenes is 2. The van der Waals surface area contributed by atoms with Gasteiger partial charge in [-0.05, 0) is 4.57 Å². The van der Waals surface area contributed by atoms with Gasteiger partial charge in [0.25, 0.3) is 0 Å². The predicted molar refractivity (Wildman–Crippen MR) is 25.3 cm³/mol. The van der Waals surface area contributed by atoms with Crippen molar-refractivity contribution in [2.75, 3.05) is 0 Å². The number of hydrogen-bond acceptors (Lipinski definition) is 1. The molecule has 0 heterocycles. The molecule has 0 bridgehead atoms. The molecule has 1 nitrogen and oxygen atoms in total. The van der Waals surface area contributed by atoms with Gasteiger partial charge in [-0.2, -0.15) is 0 Å². The highest BCUT2D eigenvalue weighted by Crippen LogP contribution is 2.11. The van der Waals surface area contributed by atoms with Crippen LogP contribution in [0.25, 0.3) is 0 Å². The van der Waals surface area contributed by atoms with E-state index in [1.807, 2.05) is 11.3 Å². The van der Waals surface area contributed by atoms with Crippen molar-refractivity contribution in [3.05, 3.63) is 0 Å². The van der Waals surface area contributed by atoms with Gasteiger partial charge < -0.3 is 0 Å². The lowest BCUT2D eigenvalue weighted by Gasteiger charge is -1.37. The first-order chi connectivity index (χ1) is 2.81. The van der Waals surface area contributed by atoms with Crippen LogP contribution < -0.4 is 0 Å². The van der Waals surface area contributed by atoms with Crippen molar-refractivity contribution in [1.29, 1.82) is 0 Å². The molecular weight excluding hydrogens is 95.0 g/mol. The second kappa shape index (κ2) is 2.46. The van der Waals surface area contributed by atoms with E-state index in [1.54, 1.807) is 0 Å². The Balaban J connectivity index is 3.75. The molecular formula is C4H2OP+. The summed E-state index contributed by atoms with van der Waals surface area (Å²) < 4.78 is 9.86. The molecule has 28 valence electrons. The Morgan fingerprint density at radius 1 is 1.33 bits per heavy atom. The molecule has 0 spiro atoms. The molecule has 0 rings (SSSR count). The second-order valence-corrected chi connectivity index (χ2v) is 1.66. The van der Waals surface area contributed by atoms with Crippen molar-refractivity contribution in [2.45, 2.75) is 0 Å². The zero-order chi connectivity index (χ0) is 4.99. The molecule has 0 saturated carbocycles. The van der Waals surface area contributed by atoms with Crippen LogP contribution >= 0.6 is 7.80 Å². The van der Waals surface area contributed by atoms with Crippen molar-refractivity contribution in [1.82, 2.24) is 0 Å². The van der Waals surface area contributed by atoms with Crippen molar-refractivity contribution < 1.29 is 4.57 Å². The minimum atomic E-state index is -1.77. The lowest BCUT2D eigenvalue weighted by Crippen LogP contribution is -1.35. The third kappa shape index (κ3) is 1.53. The Morgan fingerprint density at radius 3 is 1.67 bits per heavy atom. The highest BCUT2D eigenvalue weighted by molar-refractivity contribution is 7.55. The van der Waals surface area contributed by atoms with Crippen LogP contribution in [0, 0.1) is 24.2 Å². The van der Waals surface area contributed by atoms with Crippen LogP contribution in [0.15, 0.2) is 0 Å². The SMILES string of the molecule is C#C[P+](=O)C#C. The molecule has 0 atom stereocenters. The smallest absolute Gasteiger partial charge is 0.0638 e. The summed E-state index contributed by atoms with van der Waals surface area (Å²) in [7, 11) is -1.77. The van der Waals surface area contributed by atoms with Crippen molar-refractivity contribution in [2.24, 2.45) is 0 Å².